The fourth-order valence-corrected chi connectivity index (χ4v) is 0.910. The van der Waals surface area contributed by atoms with Crippen molar-refractivity contribution in [3.05, 3.63) is 29.1 Å². The molecular formula is C8H5F3O2. The predicted molar refractivity (Wildman–Crippen MR) is 38.3 cm³/mol. The maximum Gasteiger partial charge on any atom is 0.173 e. The summed E-state index contributed by atoms with van der Waals surface area (Å²) in [6, 6.07) is 0.321. The fourth-order valence-electron chi connectivity index (χ4n) is 0.910. The van der Waals surface area contributed by atoms with E-state index in [4.69, 9.17) is 0 Å². The lowest BCUT2D eigenvalue weighted by atomic mass is 10.2. The zero-order valence-electron chi connectivity index (χ0n) is 6.61. The second-order valence-electron chi connectivity index (χ2n) is 2.22. The highest BCUT2D eigenvalue weighted by molar-refractivity contribution is 5.79. The summed E-state index contributed by atoms with van der Waals surface area (Å²) in [6.07, 6.45) is 0.000324. The van der Waals surface area contributed by atoms with Gasteiger partial charge in [-0.2, -0.15) is 0 Å². The van der Waals surface area contributed by atoms with Gasteiger partial charge in [-0.1, -0.05) is 0 Å². The molecule has 0 heterocycles. The van der Waals surface area contributed by atoms with Gasteiger partial charge in [-0.05, 0) is 0 Å². The zero-order chi connectivity index (χ0) is 10.0. The topological polar surface area (TPSA) is 26.3 Å². The standard InChI is InChI=1S/C8H5F3O2/c1-13-8-4(3-12)7(11)5(9)2-6(8)10/h2-3H,1H3. The molecule has 0 fully saturated rings. The maximum absolute atomic E-state index is 12.8. The van der Waals surface area contributed by atoms with Gasteiger partial charge in [0.2, 0.25) is 0 Å². The van der Waals surface area contributed by atoms with E-state index < -0.39 is 28.8 Å². The molecule has 1 aromatic carbocycles. The molecule has 0 aliphatic carbocycles. The monoisotopic (exact) mass is 190 g/mol. The SMILES string of the molecule is COc1c(F)cc(F)c(F)c1C=O. The van der Waals surface area contributed by atoms with Crippen LogP contribution in [0, 0.1) is 17.5 Å². The van der Waals surface area contributed by atoms with Crippen molar-refractivity contribution in [3.8, 4) is 5.75 Å². The molecule has 0 radical (unpaired) electrons. The number of carbonyl (C=O) groups excluding carboxylic acids is 1. The van der Waals surface area contributed by atoms with Crippen molar-refractivity contribution < 1.29 is 22.7 Å². The number of halogens is 3. The third kappa shape index (κ3) is 1.49. The summed E-state index contributed by atoms with van der Waals surface area (Å²) in [5, 5.41) is 0. The first kappa shape index (κ1) is 9.57. The van der Waals surface area contributed by atoms with Gasteiger partial charge in [0.15, 0.2) is 29.5 Å². The van der Waals surface area contributed by atoms with Gasteiger partial charge in [-0.15, -0.1) is 0 Å². The van der Waals surface area contributed by atoms with E-state index in [2.05, 4.69) is 4.74 Å². The highest BCUT2D eigenvalue weighted by atomic mass is 19.2. The number of aldehydes is 1. The van der Waals surface area contributed by atoms with Crippen LogP contribution in [-0.2, 0) is 0 Å². The van der Waals surface area contributed by atoms with E-state index >= 15 is 0 Å². The smallest absolute Gasteiger partial charge is 0.173 e. The second kappa shape index (κ2) is 3.47. The second-order valence-corrected chi connectivity index (χ2v) is 2.22. The van der Waals surface area contributed by atoms with Crippen LogP contribution in [0.2, 0.25) is 0 Å². The van der Waals surface area contributed by atoms with Crippen molar-refractivity contribution in [2.75, 3.05) is 7.11 Å². The molecule has 0 aromatic heterocycles. The van der Waals surface area contributed by atoms with Crippen molar-refractivity contribution in [1.29, 1.82) is 0 Å². The molecule has 2 nitrogen and oxygen atoms in total. The molecular weight excluding hydrogens is 185 g/mol. The molecule has 0 saturated heterocycles. The van der Waals surface area contributed by atoms with Crippen LogP contribution in [0.25, 0.3) is 0 Å². The van der Waals surface area contributed by atoms with Gasteiger partial charge in [-0.25, -0.2) is 13.2 Å². The maximum atomic E-state index is 12.8. The molecule has 0 spiro atoms. The minimum atomic E-state index is -1.42. The molecule has 0 saturated carbocycles. The highest BCUT2D eigenvalue weighted by Crippen LogP contribution is 2.25. The van der Waals surface area contributed by atoms with Crippen LogP contribution in [0.5, 0.6) is 5.75 Å². The molecule has 0 aliphatic heterocycles. The van der Waals surface area contributed by atoms with Gasteiger partial charge < -0.3 is 4.74 Å². The minimum Gasteiger partial charge on any atom is -0.493 e. The van der Waals surface area contributed by atoms with Gasteiger partial charge in [0.1, 0.15) is 0 Å². The zero-order valence-corrected chi connectivity index (χ0v) is 6.61. The molecule has 70 valence electrons. The van der Waals surface area contributed by atoms with Crippen LogP contribution < -0.4 is 4.74 Å². The Hall–Kier alpha value is -1.52. The normalized spacial score (nSPS) is 9.85. The summed E-state index contributed by atoms with van der Waals surface area (Å²) in [5.41, 5.74) is -0.750. The van der Waals surface area contributed by atoms with Gasteiger partial charge in [-0.3, -0.25) is 4.79 Å². The van der Waals surface area contributed by atoms with Gasteiger partial charge >= 0.3 is 0 Å². The Morgan fingerprint density at radius 3 is 2.38 bits per heavy atom. The molecule has 1 rings (SSSR count). The number of hydrogen-bond donors (Lipinski definition) is 0. The van der Waals surface area contributed by atoms with E-state index in [1.54, 1.807) is 0 Å². The summed E-state index contributed by atoms with van der Waals surface area (Å²) >= 11 is 0. The Kier molecular flexibility index (Phi) is 2.55. The van der Waals surface area contributed by atoms with E-state index in [0.717, 1.165) is 7.11 Å². The number of ether oxygens (including phenoxy) is 1. The summed E-state index contributed by atoms with van der Waals surface area (Å²) in [5.74, 6) is -4.52. The first-order valence-electron chi connectivity index (χ1n) is 3.28. The molecule has 0 unspecified atom stereocenters. The Morgan fingerprint density at radius 2 is 1.92 bits per heavy atom. The Labute approximate surface area is 71.9 Å². The molecule has 0 aliphatic rings. The van der Waals surface area contributed by atoms with E-state index in [-0.39, 0.29) is 6.29 Å². The lowest BCUT2D eigenvalue weighted by Gasteiger charge is -2.05. The van der Waals surface area contributed by atoms with Crippen molar-refractivity contribution in [1.82, 2.24) is 0 Å². The molecule has 0 atom stereocenters. The number of benzene rings is 1. The average Bonchev–Trinajstić information content (AvgIpc) is 2.10. The predicted octanol–water partition coefficient (Wildman–Crippen LogP) is 1.93. The van der Waals surface area contributed by atoms with E-state index in [0.29, 0.717) is 6.07 Å². The van der Waals surface area contributed by atoms with E-state index in [9.17, 15) is 18.0 Å². The summed E-state index contributed by atoms with van der Waals surface area (Å²) in [6.45, 7) is 0. The number of hydrogen-bond acceptors (Lipinski definition) is 2. The summed E-state index contributed by atoms with van der Waals surface area (Å²) in [4.78, 5) is 10.3. The minimum absolute atomic E-state index is 0.000324. The van der Waals surface area contributed by atoms with Crippen molar-refractivity contribution in [3.63, 3.8) is 0 Å². The van der Waals surface area contributed by atoms with Crippen LogP contribution in [0.3, 0.4) is 0 Å². The highest BCUT2D eigenvalue weighted by Gasteiger charge is 2.18. The summed E-state index contributed by atoms with van der Waals surface area (Å²) < 4.78 is 42.5. The lowest BCUT2D eigenvalue weighted by Crippen LogP contribution is -2.00. The fraction of sp³-hybridized carbons (Fsp3) is 0.125. The Bertz CT molecular complexity index is 350. The first-order chi connectivity index (χ1) is 6.11. The number of rotatable bonds is 2. The van der Waals surface area contributed by atoms with Gasteiger partial charge in [0, 0.05) is 6.07 Å². The average molecular weight is 190 g/mol. The van der Waals surface area contributed by atoms with Gasteiger partial charge in [0.25, 0.3) is 0 Å². The molecule has 0 N–H and O–H groups in total. The quantitative estimate of drug-likeness (QED) is 0.526. The van der Waals surface area contributed by atoms with Crippen molar-refractivity contribution >= 4 is 6.29 Å². The van der Waals surface area contributed by atoms with Crippen LogP contribution in [0.1, 0.15) is 10.4 Å². The van der Waals surface area contributed by atoms with Crippen LogP contribution >= 0.6 is 0 Å². The van der Waals surface area contributed by atoms with E-state index in [1.165, 1.54) is 0 Å². The lowest BCUT2D eigenvalue weighted by molar-refractivity contribution is 0.111. The van der Waals surface area contributed by atoms with Crippen molar-refractivity contribution in [2.24, 2.45) is 0 Å². The Morgan fingerprint density at radius 1 is 1.31 bits per heavy atom. The molecule has 0 amide bonds. The number of carbonyl (C=O) groups is 1. The first-order valence-corrected chi connectivity index (χ1v) is 3.28. The third-order valence-corrected chi connectivity index (χ3v) is 1.48. The van der Waals surface area contributed by atoms with Crippen LogP contribution in [0.4, 0.5) is 13.2 Å². The van der Waals surface area contributed by atoms with Crippen molar-refractivity contribution in [2.45, 2.75) is 0 Å². The molecule has 13 heavy (non-hydrogen) atoms. The van der Waals surface area contributed by atoms with Gasteiger partial charge in [0.05, 0.1) is 12.7 Å². The molecule has 1 aromatic rings. The number of methoxy groups -OCH3 is 1. The van der Waals surface area contributed by atoms with E-state index in [1.807, 2.05) is 0 Å². The van der Waals surface area contributed by atoms with Crippen LogP contribution in [0.15, 0.2) is 6.07 Å². The molecule has 5 heteroatoms. The summed E-state index contributed by atoms with van der Waals surface area (Å²) in [7, 11) is 1.06. The Balaban J connectivity index is 3.50. The largest absolute Gasteiger partial charge is 0.493 e. The molecule has 0 bridgehead atoms. The van der Waals surface area contributed by atoms with Crippen LogP contribution in [-0.4, -0.2) is 13.4 Å². The third-order valence-electron chi connectivity index (χ3n) is 1.48.